The van der Waals surface area contributed by atoms with Crippen LogP contribution in [-0.4, -0.2) is 33.3 Å². The molecule has 1 N–H and O–H groups in total. The molecule has 0 bridgehead atoms. The quantitative estimate of drug-likeness (QED) is 0.428. The molecule has 0 spiro atoms. The minimum Gasteiger partial charge on any atom is -0.494 e. The molecule has 152 valence electrons. The van der Waals surface area contributed by atoms with Crippen molar-refractivity contribution in [3.8, 4) is 17.1 Å². The van der Waals surface area contributed by atoms with Crippen molar-refractivity contribution < 1.29 is 18.9 Å². The van der Waals surface area contributed by atoms with Gasteiger partial charge in [-0.15, -0.1) is 0 Å². The van der Waals surface area contributed by atoms with Crippen molar-refractivity contribution in [2.75, 3.05) is 6.61 Å². The number of carbonyl (C=O) groups is 1. The average Bonchev–Trinajstić information content (AvgIpc) is 3.31. The Morgan fingerprint density at radius 2 is 2.17 bits per heavy atom. The molecule has 0 radical (unpaired) electrons. The van der Waals surface area contributed by atoms with E-state index in [2.05, 4.69) is 4.99 Å². The molecule has 0 saturated heterocycles. The Bertz CT molecular complexity index is 1180. The fraction of sp³-hybridized carbons (Fsp3) is 0.150. The summed E-state index contributed by atoms with van der Waals surface area (Å²) < 4.78 is 11.1. The lowest BCUT2D eigenvalue weighted by Crippen LogP contribution is -2.35. The number of ether oxygens (including phenoxy) is 1. The number of furan rings is 1. The smallest absolute Gasteiger partial charge is 0.284 e. The van der Waals surface area contributed by atoms with Crippen LogP contribution >= 0.6 is 11.8 Å². The van der Waals surface area contributed by atoms with Crippen LogP contribution < -0.4 is 4.74 Å². The molecule has 0 atom stereocenters. The number of nitro benzene ring substituents is 1. The van der Waals surface area contributed by atoms with Gasteiger partial charge in [-0.2, -0.15) is 4.99 Å². The van der Waals surface area contributed by atoms with Gasteiger partial charge in [0.15, 0.2) is 5.17 Å². The topological polar surface area (TPSA) is 122 Å². The van der Waals surface area contributed by atoms with Crippen LogP contribution in [0.25, 0.3) is 17.4 Å². The van der Waals surface area contributed by atoms with Crippen LogP contribution in [0.4, 0.5) is 5.69 Å². The Labute approximate surface area is 175 Å². The Morgan fingerprint density at radius 3 is 2.90 bits per heavy atom. The summed E-state index contributed by atoms with van der Waals surface area (Å²) in [5.74, 6) is 0.408. The minimum atomic E-state index is -0.535. The molecule has 0 aliphatic carbocycles. The van der Waals surface area contributed by atoms with Crippen molar-refractivity contribution in [2.24, 2.45) is 4.99 Å². The SMILES string of the molecule is CCOc1ccc(-c2ccc(/C=C3/C(=N)N4C=C(C)SC4=NC3=O)o2)c([N+](=O)[O-])c1. The van der Waals surface area contributed by atoms with E-state index in [1.165, 1.54) is 28.8 Å². The standard InChI is InChI=1S/C20H16N4O5S/c1-3-28-12-4-6-14(16(9-12)24(26)27)17-7-5-13(29-17)8-15-18(21)23-10-11(2)30-20(23)22-19(15)25/h4-10,21H,3H2,1-2H3/b15-8-,21-18?. The number of benzene rings is 1. The highest BCUT2D eigenvalue weighted by atomic mass is 32.2. The maximum atomic E-state index is 12.4. The largest absolute Gasteiger partial charge is 0.494 e. The van der Waals surface area contributed by atoms with Crippen molar-refractivity contribution >= 4 is 40.4 Å². The van der Waals surface area contributed by atoms with E-state index in [1.807, 2.05) is 6.92 Å². The van der Waals surface area contributed by atoms with Crippen LogP contribution in [0.5, 0.6) is 5.75 Å². The highest BCUT2D eigenvalue weighted by molar-refractivity contribution is 8.17. The number of hydrogen-bond donors (Lipinski definition) is 1. The molecule has 9 nitrogen and oxygen atoms in total. The van der Waals surface area contributed by atoms with Gasteiger partial charge in [0, 0.05) is 11.1 Å². The van der Waals surface area contributed by atoms with E-state index in [1.54, 1.807) is 37.4 Å². The average molecular weight is 424 g/mol. The highest BCUT2D eigenvalue weighted by Crippen LogP contribution is 2.36. The van der Waals surface area contributed by atoms with E-state index in [4.69, 9.17) is 14.6 Å². The van der Waals surface area contributed by atoms with E-state index in [9.17, 15) is 14.9 Å². The molecule has 0 saturated carbocycles. The second kappa shape index (κ2) is 7.64. The van der Waals surface area contributed by atoms with E-state index < -0.39 is 10.8 Å². The first-order valence-electron chi connectivity index (χ1n) is 8.98. The van der Waals surface area contributed by atoms with Crippen LogP contribution in [0.2, 0.25) is 0 Å². The van der Waals surface area contributed by atoms with Gasteiger partial charge >= 0.3 is 0 Å². The summed E-state index contributed by atoms with van der Waals surface area (Å²) in [4.78, 5) is 29.8. The summed E-state index contributed by atoms with van der Waals surface area (Å²) in [5, 5.41) is 20.3. The minimum absolute atomic E-state index is 0.000604. The van der Waals surface area contributed by atoms with E-state index in [-0.39, 0.29) is 34.2 Å². The monoisotopic (exact) mass is 424 g/mol. The molecule has 1 aromatic heterocycles. The Balaban J connectivity index is 1.68. The first-order chi connectivity index (χ1) is 14.4. The highest BCUT2D eigenvalue weighted by Gasteiger charge is 2.33. The van der Waals surface area contributed by atoms with Gasteiger partial charge in [-0.25, -0.2) is 0 Å². The molecule has 1 aromatic carbocycles. The van der Waals surface area contributed by atoms with Gasteiger partial charge in [0.1, 0.15) is 23.1 Å². The lowest BCUT2D eigenvalue weighted by molar-refractivity contribution is -0.384. The van der Waals surface area contributed by atoms with Crippen LogP contribution in [0.1, 0.15) is 19.6 Å². The second-order valence-corrected chi connectivity index (χ2v) is 7.60. The van der Waals surface area contributed by atoms with Gasteiger partial charge in [-0.1, -0.05) is 11.8 Å². The van der Waals surface area contributed by atoms with E-state index >= 15 is 0 Å². The van der Waals surface area contributed by atoms with Gasteiger partial charge in [-0.3, -0.25) is 25.2 Å². The Kier molecular flexibility index (Phi) is 5.00. The number of amidine groups is 2. The zero-order valence-corrected chi connectivity index (χ0v) is 16.9. The van der Waals surface area contributed by atoms with Crippen molar-refractivity contribution in [3.63, 3.8) is 0 Å². The van der Waals surface area contributed by atoms with E-state index in [0.29, 0.717) is 17.5 Å². The molecular weight excluding hydrogens is 408 g/mol. The number of nitrogens with one attached hydrogen (secondary N) is 1. The predicted octanol–water partition coefficient (Wildman–Crippen LogP) is 4.42. The summed E-state index contributed by atoms with van der Waals surface area (Å²) in [7, 11) is 0. The number of nitrogens with zero attached hydrogens (tertiary/aromatic N) is 3. The number of allylic oxidation sites excluding steroid dienone is 1. The lowest BCUT2D eigenvalue weighted by Gasteiger charge is -2.21. The maximum absolute atomic E-state index is 12.4. The van der Waals surface area contributed by atoms with E-state index in [0.717, 1.165) is 4.91 Å². The third kappa shape index (κ3) is 3.52. The molecule has 2 aliphatic rings. The number of amides is 1. The van der Waals surface area contributed by atoms with Crippen molar-refractivity contribution in [1.82, 2.24) is 4.90 Å². The zero-order chi connectivity index (χ0) is 21.4. The molecule has 1 amide bonds. The molecule has 4 rings (SSSR count). The molecule has 3 heterocycles. The molecule has 0 fully saturated rings. The zero-order valence-electron chi connectivity index (χ0n) is 16.0. The third-order valence-corrected chi connectivity index (χ3v) is 5.25. The number of hydrogen-bond acceptors (Lipinski definition) is 7. The van der Waals surface area contributed by atoms with Gasteiger partial charge in [-0.05, 0) is 44.2 Å². The molecule has 10 heteroatoms. The van der Waals surface area contributed by atoms with Gasteiger partial charge in [0.25, 0.3) is 11.6 Å². The van der Waals surface area contributed by atoms with Crippen molar-refractivity contribution in [1.29, 1.82) is 5.41 Å². The van der Waals surface area contributed by atoms with Gasteiger partial charge in [0.2, 0.25) is 0 Å². The third-order valence-electron chi connectivity index (χ3n) is 4.35. The number of fused-ring (bicyclic) bond motifs is 1. The van der Waals surface area contributed by atoms with Gasteiger partial charge in [0.05, 0.1) is 28.7 Å². The van der Waals surface area contributed by atoms with Gasteiger partial charge < -0.3 is 9.15 Å². The lowest BCUT2D eigenvalue weighted by atomic mass is 10.1. The first-order valence-corrected chi connectivity index (χ1v) is 9.79. The Hall–Kier alpha value is -3.66. The molecule has 0 unspecified atom stereocenters. The van der Waals surface area contributed by atoms with Crippen LogP contribution in [0, 0.1) is 15.5 Å². The van der Waals surface area contributed by atoms with Crippen LogP contribution in [-0.2, 0) is 4.79 Å². The van der Waals surface area contributed by atoms with Crippen molar-refractivity contribution in [3.05, 3.63) is 62.9 Å². The number of aliphatic imine (C=N–C) groups is 1. The van der Waals surface area contributed by atoms with Crippen LogP contribution in [0.15, 0.2) is 56.4 Å². The second-order valence-electron chi connectivity index (χ2n) is 6.39. The molecule has 2 aromatic rings. The number of carbonyl (C=O) groups excluding carboxylic acids is 1. The fourth-order valence-corrected chi connectivity index (χ4v) is 3.86. The summed E-state index contributed by atoms with van der Waals surface area (Å²) in [5.41, 5.74) is 0.209. The Morgan fingerprint density at radius 1 is 1.37 bits per heavy atom. The summed E-state index contributed by atoms with van der Waals surface area (Å²) in [6.07, 6.45) is 3.16. The maximum Gasteiger partial charge on any atom is 0.284 e. The summed E-state index contributed by atoms with van der Waals surface area (Å²) in [6, 6.07) is 7.69. The number of nitro groups is 1. The molecule has 30 heavy (non-hydrogen) atoms. The van der Waals surface area contributed by atoms with Crippen molar-refractivity contribution in [2.45, 2.75) is 13.8 Å². The molecule has 2 aliphatic heterocycles. The summed E-state index contributed by atoms with van der Waals surface area (Å²) in [6.45, 7) is 4.06. The van der Waals surface area contributed by atoms with Crippen LogP contribution in [0.3, 0.4) is 0 Å². The predicted molar refractivity (Wildman–Crippen MR) is 113 cm³/mol. The number of thioether (sulfide) groups is 1. The fourth-order valence-electron chi connectivity index (χ4n) is 3.05. The molecular formula is C20H16N4O5S. The number of rotatable bonds is 5. The normalized spacial score (nSPS) is 17.1. The summed E-state index contributed by atoms with van der Waals surface area (Å²) >= 11 is 1.33. The first kappa shape index (κ1) is 19.6.